The molecule has 0 aliphatic carbocycles. The standard InChI is InChI=1S/C23H19F3N4O2S/c1-14-16(3-2-6-27-14)5-4-15-7-17(9-19(8-15)23(24,25)26)20-13-33-21(29-20)12-30-11-18(10-28-30)22(31)32/h2-3,6-11,13H,4-5,12H2,1H3,(H,31,32). The van der Waals surface area contributed by atoms with E-state index in [-0.39, 0.29) is 12.1 Å². The number of aromatic nitrogens is 4. The molecular formula is C23H19F3N4O2S. The predicted octanol–water partition coefficient (Wildman–Crippen LogP) is 5.26. The number of hydrogen-bond acceptors (Lipinski definition) is 5. The molecule has 0 aliphatic heterocycles. The summed E-state index contributed by atoms with van der Waals surface area (Å²) >= 11 is 1.28. The van der Waals surface area contributed by atoms with Crippen LogP contribution in [0.3, 0.4) is 0 Å². The number of pyridine rings is 1. The number of carbonyl (C=O) groups is 1. The van der Waals surface area contributed by atoms with Crippen LogP contribution in [0.25, 0.3) is 11.3 Å². The normalized spacial score (nSPS) is 11.6. The quantitative estimate of drug-likeness (QED) is 0.397. The molecule has 0 amide bonds. The van der Waals surface area contributed by atoms with Gasteiger partial charge in [0, 0.05) is 29.0 Å². The Morgan fingerprint density at radius 3 is 2.73 bits per heavy atom. The van der Waals surface area contributed by atoms with Crippen molar-refractivity contribution >= 4 is 17.3 Å². The summed E-state index contributed by atoms with van der Waals surface area (Å²) in [5.41, 5.74) is 2.58. The monoisotopic (exact) mass is 472 g/mol. The van der Waals surface area contributed by atoms with Crippen LogP contribution in [0.2, 0.25) is 0 Å². The molecule has 0 bridgehead atoms. The molecule has 3 aromatic heterocycles. The number of rotatable bonds is 7. The molecule has 0 fully saturated rings. The molecule has 0 unspecified atom stereocenters. The Bertz CT molecular complexity index is 1300. The molecule has 6 nitrogen and oxygen atoms in total. The van der Waals surface area contributed by atoms with Crippen molar-refractivity contribution < 1.29 is 23.1 Å². The molecule has 33 heavy (non-hydrogen) atoms. The largest absolute Gasteiger partial charge is 0.478 e. The number of halogens is 3. The summed E-state index contributed by atoms with van der Waals surface area (Å²) in [6, 6.07) is 7.76. The Hall–Kier alpha value is -3.53. The van der Waals surface area contributed by atoms with Crippen LogP contribution in [0.4, 0.5) is 13.2 Å². The molecule has 0 spiro atoms. The van der Waals surface area contributed by atoms with Crippen LogP contribution in [0.5, 0.6) is 0 Å². The molecule has 0 saturated carbocycles. The van der Waals surface area contributed by atoms with Crippen molar-refractivity contribution in [2.75, 3.05) is 0 Å². The Balaban J connectivity index is 1.59. The van der Waals surface area contributed by atoms with Crippen LogP contribution in [-0.2, 0) is 25.6 Å². The molecule has 0 radical (unpaired) electrons. The average Bonchev–Trinajstić information content (AvgIpc) is 3.43. The van der Waals surface area contributed by atoms with Gasteiger partial charge in [0.15, 0.2) is 0 Å². The summed E-state index contributed by atoms with van der Waals surface area (Å²) in [6.07, 6.45) is 0.842. The second-order valence-electron chi connectivity index (χ2n) is 7.52. The summed E-state index contributed by atoms with van der Waals surface area (Å²) in [5.74, 6) is -1.08. The van der Waals surface area contributed by atoms with Crippen molar-refractivity contribution in [2.24, 2.45) is 0 Å². The van der Waals surface area contributed by atoms with Gasteiger partial charge in [-0.2, -0.15) is 18.3 Å². The summed E-state index contributed by atoms with van der Waals surface area (Å²) in [4.78, 5) is 19.7. The van der Waals surface area contributed by atoms with Gasteiger partial charge in [0.2, 0.25) is 0 Å². The molecule has 3 heterocycles. The molecule has 0 aliphatic rings. The van der Waals surface area contributed by atoms with Crippen LogP contribution in [0.15, 0.2) is 54.3 Å². The Morgan fingerprint density at radius 2 is 2.03 bits per heavy atom. The topological polar surface area (TPSA) is 80.9 Å². The lowest BCUT2D eigenvalue weighted by Gasteiger charge is -2.12. The number of aromatic carboxylic acids is 1. The molecule has 0 saturated heterocycles. The number of alkyl halides is 3. The fourth-order valence-corrected chi connectivity index (χ4v) is 4.22. The van der Waals surface area contributed by atoms with E-state index in [9.17, 15) is 18.0 Å². The number of nitrogens with zero attached hydrogens (tertiary/aromatic N) is 4. The third-order valence-electron chi connectivity index (χ3n) is 5.14. The average molecular weight is 472 g/mol. The Kier molecular flexibility index (Phi) is 6.28. The second kappa shape index (κ2) is 9.14. The maximum atomic E-state index is 13.6. The van der Waals surface area contributed by atoms with Crippen molar-refractivity contribution in [1.82, 2.24) is 19.7 Å². The molecule has 4 aromatic rings. The van der Waals surface area contributed by atoms with Crippen molar-refractivity contribution in [3.63, 3.8) is 0 Å². The Labute approximate surface area is 191 Å². The van der Waals surface area contributed by atoms with E-state index < -0.39 is 17.7 Å². The van der Waals surface area contributed by atoms with Gasteiger partial charge in [0.25, 0.3) is 0 Å². The number of benzene rings is 1. The minimum Gasteiger partial charge on any atom is -0.478 e. The highest BCUT2D eigenvalue weighted by atomic mass is 32.1. The van der Waals surface area contributed by atoms with Gasteiger partial charge >= 0.3 is 12.1 Å². The Morgan fingerprint density at radius 1 is 1.21 bits per heavy atom. The maximum absolute atomic E-state index is 13.6. The van der Waals surface area contributed by atoms with Crippen molar-refractivity contribution in [2.45, 2.75) is 32.5 Å². The summed E-state index contributed by atoms with van der Waals surface area (Å²) in [5, 5.41) is 15.3. The highest BCUT2D eigenvalue weighted by Gasteiger charge is 2.31. The fraction of sp³-hybridized carbons (Fsp3) is 0.217. The van der Waals surface area contributed by atoms with Crippen LogP contribution in [-0.4, -0.2) is 30.8 Å². The predicted molar refractivity (Wildman–Crippen MR) is 117 cm³/mol. The number of carboxylic acids is 1. The number of aryl methyl sites for hydroxylation is 3. The molecule has 1 aromatic carbocycles. The van der Waals surface area contributed by atoms with Crippen molar-refractivity contribution in [3.05, 3.63) is 87.3 Å². The molecule has 4 rings (SSSR count). The molecular weight excluding hydrogens is 453 g/mol. The van der Waals surface area contributed by atoms with Gasteiger partial charge in [-0.05, 0) is 55.2 Å². The first-order valence-corrected chi connectivity index (χ1v) is 10.9. The zero-order chi connectivity index (χ0) is 23.6. The number of carboxylic acid groups (broad SMARTS) is 1. The van der Waals surface area contributed by atoms with Crippen molar-refractivity contribution in [1.29, 1.82) is 0 Å². The van der Waals surface area contributed by atoms with Gasteiger partial charge in [-0.25, -0.2) is 9.78 Å². The van der Waals surface area contributed by atoms with Gasteiger partial charge in [-0.3, -0.25) is 9.67 Å². The van der Waals surface area contributed by atoms with E-state index in [4.69, 9.17) is 5.11 Å². The van der Waals surface area contributed by atoms with Gasteiger partial charge in [0.1, 0.15) is 5.01 Å². The van der Waals surface area contributed by atoms with E-state index in [1.165, 1.54) is 34.5 Å². The minimum atomic E-state index is -4.48. The number of thiazole rings is 1. The first-order chi connectivity index (χ1) is 15.7. The third kappa shape index (κ3) is 5.46. The van der Waals surface area contributed by atoms with Crippen LogP contribution >= 0.6 is 11.3 Å². The molecule has 10 heteroatoms. The lowest BCUT2D eigenvalue weighted by molar-refractivity contribution is -0.137. The van der Waals surface area contributed by atoms with Gasteiger partial charge in [-0.15, -0.1) is 11.3 Å². The molecule has 170 valence electrons. The van der Waals surface area contributed by atoms with Crippen molar-refractivity contribution in [3.8, 4) is 11.3 Å². The smallest absolute Gasteiger partial charge is 0.416 e. The summed E-state index contributed by atoms with van der Waals surface area (Å²) < 4.78 is 42.1. The van der Waals surface area contributed by atoms with E-state index >= 15 is 0 Å². The zero-order valence-corrected chi connectivity index (χ0v) is 18.3. The van der Waals surface area contributed by atoms with Gasteiger partial charge in [0.05, 0.1) is 29.6 Å². The zero-order valence-electron chi connectivity index (χ0n) is 17.5. The van der Waals surface area contributed by atoms with Crippen LogP contribution in [0.1, 0.15) is 37.7 Å². The summed E-state index contributed by atoms with van der Waals surface area (Å²) in [7, 11) is 0. The van der Waals surface area contributed by atoms with E-state index in [2.05, 4.69) is 15.1 Å². The second-order valence-corrected chi connectivity index (χ2v) is 8.47. The number of hydrogen-bond donors (Lipinski definition) is 1. The van der Waals surface area contributed by atoms with Gasteiger partial charge in [-0.1, -0.05) is 6.07 Å². The SMILES string of the molecule is Cc1ncccc1CCc1cc(-c2csc(Cn3cc(C(=O)O)cn3)n2)cc(C(F)(F)F)c1. The first kappa shape index (κ1) is 22.7. The third-order valence-corrected chi connectivity index (χ3v) is 5.98. The lowest BCUT2D eigenvalue weighted by atomic mass is 9.98. The highest BCUT2D eigenvalue weighted by molar-refractivity contribution is 7.09. The van der Waals surface area contributed by atoms with E-state index in [0.717, 1.165) is 17.3 Å². The lowest BCUT2D eigenvalue weighted by Crippen LogP contribution is -2.07. The minimum absolute atomic E-state index is 0.0538. The fourth-order valence-electron chi connectivity index (χ4n) is 3.42. The van der Waals surface area contributed by atoms with E-state index in [0.29, 0.717) is 34.7 Å². The van der Waals surface area contributed by atoms with Crippen LogP contribution < -0.4 is 0 Å². The molecule has 1 N–H and O–H groups in total. The molecule has 0 atom stereocenters. The van der Waals surface area contributed by atoms with Gasteiger partial charge < -0.3 is 5.11 Å². The first-order valence-electron chi connectivity index (χ1n) is 10.0. The summed E-state index contributed by atoms with van der Waals surface area (Å²) in [6.45, 7) is 2.10. The van der Waals surface area contributed by atoms with E-state index in [1.807, 2.05) is 19.1 Å². The highest BCUT2D eigenvalue weighted by Crippen LogP contribution is 2.34. The van der Waals surface area contributed by atoms with E-state index in [1.54, 1.807) is 17.6 Å². The van der Waals surface area contributed by atoms with Crippen LogP contribution in [0, 0.1) is 6.92 Å². The maximum Gasteiger partial charge on any atom is 0.416 e.